The second-order valence-electron chi connectivity index (χ2n) is 7.48. The Kier molecular flexibility index (Phi) is 4.69. The number of fused-ring (bicyclic) bond motifs is 4. The molecule has 2 aliphatic heterocycles. The van der Waals surface area contributed by atoms with Gasteiger partial charge in [0.15, 0.2) is 17.4 Å². The first-order chi connectivity index (χ1) is 13.3. The molecule has 3 atom stereocenters. The highest BCUT2D eigenvalue weighted by molar-refractivity contribution is 7.86. The van der Waals surface area contributed by atoms with E-state index < -0.39 is 21.8 Å². The second-order valence-corrected chi connectivity index (χ2v) is 9.02. The first-order valence-corrected chi connectivity index (χ1v) is 10.6. The van der Waals surface area contributed by atoms with Crippen LogP contribution < -0.4 is 0 Å². The Morgan fingerprint density at radius 3 is 2.61 bits per heavy atom. The molecular weight excluding hydrogens is 380 g/mol. The van der Waals surface area contributed by atoms with Crippen molar-refractivity contribution < 1.29 is 27.3 Å². The maximum absolute atomic E-state index is 13.1. The van der Waals surface area contributed by atoms with Crippen LogP contribution in [0.1, 0.15) is 46.4 Å². The average Bonchev–Trinajstić information content (AvgIpc) is 2.70. The lowest BCUT2D eigenvalue weighted by Gasteiger charge is -2.39. The fourth-order valence-electron chi connectivity index (χ4n) is 4.10. The van der Waals surface area contributed by atoms with Crippen LogP contribution in [0.5, 0.6) is 0 Å². The molecule has 146 valence electrons. The van der Waals surface area contributed by atoms with E-state index in [1.54, 1.807) is 36.4 Å². The lowest BCUT2D eigenvalue weighted by molar-refractivity contribution is -0.170. The van der Waals surface area contributed by atoms with E-state index in [4.69, 9.17) is 4.18 Å². The van der Waals surface area contributed by atoms with Crippen LogP contribution in [0.2, 0.25) is 0 Å². The third kappa shape index (κ3) is 3.53. The largest absolute Gasteiger partial charge is 0.364 e. The van der Waals surface area contributed by atoms with E-state index in [1.165, 1.54) is 18.2 Å². The van der Waals surface area contributed by atoms with Crippen molar-refractivity contribution in [1.82, 2.24) is 0 Å². The molecule has 3 aliphatic rings. The maximum Gasteiger partial charge on any atom is 0.299 e. The summed E-state index contributed by atoms with van der Waals surface area (Å²) >= 11 is 0. The second kappa shape index (κ2) is 6.92. The molecule has 2 aromatic rings. The quantitative estimate of drug-likeness (QED) is 0.615. The molecule has 0 saturated heterocycles. The van der Waals surface area contributed by atoms with Gasteiger partial charge in [0.05, 0.1) is 4.90 Å². The van der Waals surface area contributed by atoms with Crippen LogP contribution in [0.15, 0.2) is 59.5 Å². The molecule has 1 saturated carbocycles. The Morgan fingerprint density at radius 1 is 1.11 bits per heavy atom. The summed E-state index contributed by atoms with van der Waals surface area (Å²) in [6, 6.07) is 14.2. The number of hydrogen-bond donors (Lipinski definition) is 1. The summed E-state index contributed by atoms with van der Waals surface area (Å²) in [5.74, 6) is -3.43. The van der Waals surface area contributed by atoms with E-state index in [2.05, 4.69) is 0 Å². The minimum absolute atomic E-state index is 0.0405. The monoisotopic (exact) mass is 400 g/mol. The van der Waals surface area contributed by atoms with Crippen LogP contribution in [-0.2, 0) is 14.3 Å². The van der Waals surface area contributed by atoms with E-state index >= 15 is 0 Å². The summed E-state index contributed by atoms with van der Waals surface area (Å²) in [6.07, 6.45) is 0.298. The molecule has 1 fully saturated rings. The summed E-state index contributed by atoms with van der Waals surface area (Å²) in [5, 5.41) is 10.9. The zero-order chi connectivity index (χ0) is 19.9. The van der Waals surface area contributed by atoms with Gasteiger partial charge < -0.3 is 5.11 Å². The lowest BCUT2D eigenvalue weighted by Crippen LogP contribution is -2.45. The number of carbonyl (C=O) groups excluding carboxylic acids is 2. The van der Waals surface area contributed by atoms with E-state index in [0.717, 1.165) is 0 Å². The van der Waals surface area contributed by atoms with Gasteiger partial charge in [-0.2, -0.15) is 8.42 Å². The van der Waals surface area contributed by atoms with E-state index in [1.807, 2.05) is 0 Å². The van der Waals surface area contributed by atoms with E-state index in [9.17, 15) is 23.1 Å². The van der Waals surface area contributed by atoms with E-state index in [-0.39, 0.29) is 47.2 Å². The molecule has 1 aliphatic carbocycles. The lowest BCUT2D eigenvalue weighted by atomic mass is 9.70. The summed E-state index contributed by atoms with van der Waals surface area (Å²) < 4.78 is 30.5. The van der Waals surface area contributed by atoms with Crippen molar-refractivity contribution in [3.05, 3.63) is 65.7 Å². The van der Waals surface area contributed by atoms with Gasteiger partial charge in [0, 0.05) is 36.3 Å². The molecular formula is C21H20O6S. The average molecular weight is 400 g/mol. The zero-order valence-electron chi connectivity index (χ0n) is 15.1. The molecule has 5 rings (SSSR count). The van der Waals surface area contributed by atoms with Crippen molar-refractivity contribution in [2.45, 2.75) is 36.4 Å². The predicted molar refractivity (Wildman–Crippen MR) is 100 cm³/mol. The van der Waals surface area contributed by atoms with Crippen molar-refractivity contribution in [3.8, 4) is 0 Å². The molecule has 1 N–H and O–H groups in total. The van der Waals surface area contributed by atoms with Crippen LogP contribution in [0.25, 0.3) is 0 Å². The Morgan fingerprint density at radius 2 is 1.86 bits per heavy atom. The van der Waals surface area contributed by atoms with Crippen LogP contribution in [0.3, 0.4) is 0 Å². The molecule has 0 amide bonds. The molecule has 28 heavy (non-hydrogen) atoms. The molecule has 6 nitrogen and oxygen atoms in total. The van der Waals surface area contributed by atoms with Crippen molar-refractivity contribution in [2.24, 2.45) is 11.8 Å². The molecule has 2 heterocycles. The topological polar surface area (TPSA) is 97.7 Å². The predicted octanol–water partition coefficient (Wildman–Crippen LogP) is 2.97. The van der Waals surface area contributed by atoms with Gasteiger partial charge >= 0.3 is 0 Å². The Labute approximate surface area is 163 Å². The number of aliphatic hydroxyl groups is 1. The van der Waals surface area contributed by atoms with Crippen molar-refractivity contribution >= 4 is 21.7 Å². The van der Waals surface area contributed by atoms with Crippen LogP contribution in [0.4, 0.5) is 0 Å². The van der Waals surface area contributed by atoms with Crippen molar-refractivity contribution in [1.29, 1.82) is 0 Å². The highest BCUT2D eigenvalue weighted by Gasteiger charge is 2.47. The fourth-order valence-corrected chi connectivity index (χ4v) is 5.27. The molecule has 0 unspecified atom stereocenters. The highest BCUT2D eigenvalue weighted by Crippen LogP contribution is 2.43. The van der Waals surface area contributed by atoms with Crippen molar-refractivity contribution in [3.63, 3.8) is 0 Å². The van der Waals surface area contributed by atoms with E-state index in [0.29, 0.717) is 12.0 Å². The molecule has 2 aromatic carbocycles. The molecule has 0 spiro atoms. The normalized spacial score (nSPS) is 29.1. The summed E-state index contributed by atoms with van der Waals surface area (Å²) in [7, 11) is -4.28. The third-order valence-electron chi connectivity index (χ3n) is 5.57. The third-order valence-corrected chi connectivity index (χ3v) is 6.93. The minimum Gasteiger partial charge on any atom is -0.364 e. The standard InChI is InChI=1S/C21H20O6S/c22-19-12-15-9-10-21(24,13-18(15)20(23)14-5-2-1-3-6-14)27-28(25,26)17-8-4-7-16(19)11-17/h1-8,11,15,18,24H,9-10,12-13H2/t15-,18+,21+/m0/s1. The van der Waals surface area contributed by atoms with Gasteiger partial charge in [-0.15, -0.1) is 0 Å². The Hall–Kier alpha value is -2.35. The molecule has 0 aromatic heterocycles. The van der Waals surface area contributed by atoms with Gasteiger partial charge in [0.1, 0.15) is 0 Å². The molecule has 4 bridgehead atoms. The first-order valence-electron chi connectivity index (χ1n) is 9.18. The molecule has 0 radical (unpaired) electrons. The first kappa shape index (κ1) is 19.0. The Balaban J connectivity index is 1.78. The van der Waals surface area contributed by atoms with Gasteiger partial charge in [-0.3, -0.25) is 9.59 Å². The van der Waals surface area contributed by atoms with Crippen molar-refractivity contribution in [2.75, 3.05) is 0 Å². The maximum atomic E-state index is 13.1. The number of Topliss-reactive ketones (excluding diaryl/α,β-unsaturated/α-hetero) is 2. The summed E-state index contributed by atoms with van der Waals surface area (Å²) in [4.78, 5) is 25.7. The van der Waals surface area contributed by atoms with Crippen LogP contribution in [-0.4, -0.2) is 30.9 Å². The van der Waals surface area contributed by atoms with Gasteiger partial charge in [-0.1, -0.05) is 42.5 Å². The highest BCUT2D eigenvalue weighted by atomic mass is 32.2. The van der Waals surface area contributed by atoms with Gasteiger partial charge in [-0.25, -0.2) is 4.18 Å². The number of carbonyl (C=O) groups is 2. The number of ketones is 2. The zero-order valence-corrected chi connectivity index (χ0v) is 15.9. The molecule has 7 heteroatoms. The summed E-state index contributed by atoms with van der Waals surface area (Å²) in [6.45, 7) is 0. The number of rotatable bonds is 2. The smallest absolute Gasteiger partial charge is 0.299 e. The Bertz CT molecular complexity index is 1030. The minimum atomic E-state index is -4.28. The number of hydrogen-bond acceptors (Lipinski definition) is 6. The van der Waals surface area contributed by atoms with Gasteiger partial charge in [0.25, 0.3) is 10.1 Å². The van der Waals surface area contributed by atoms with Crippen LogP contribution >= 0.6 is 0 Å². The van der Waals surface area contributed by atoms with Gasteiger partial charge in [0.2, 0.25) is 0 Å². The SMILES string of the molecule is O=C1C[C@@H]2CC[C@](O)(C[C@H]2C(=O)c2ccccc2)OS(=O)(=O)c2cccc1c2. The number of benzene rings is 2. The van der Waals surface area contributed by atoms with Crippen LogP contribution in [0, 0.1) is 11.8 Å². The van der Waals surface area contributed by atoms with Gasteiger partial charge in [-0.05, 0) is 24.5 Å². The summed E-state index contributed by atoms with van der Waals surface area (Å²) in [5.41, 5.74) is 0.723. The fraction of sp³-hybridized carbons (Fsp3) is 0.333.